The van der Waals surface area contributed by atoms with E-state index in [0.717, 1.165) is 4.88 Å². The van der Waals surface area contributed by atoms with Crippen LogP contribution in [-0.4, -0.2) is 12.3 Å². The summed E-state index contributed by atoms with van der Waals surface area (Å²) in [4.78, 5) is 0.770. The van der Waals surface area contributed by atoms with Crippen molar-refractivity contribution in [3.05, 3.63) is 62.8 Å². The van der Waals surface area contributed by atoms with Gasteiger partial charge in [0.25, 0.3) is 0 Å². The molecule has 0 radical (unpaired) electrons. The first kappa shape index (κ1) is 17.3. The van der Waals surface area contributed by atoms with Crippen LogP contribution in [0, 0.1) is 0 Å². The fourth-order valence-electron chi connectivity index (χ4n) is 2.55. The van der Waals surface area contributed by atoms with Crippen molar-refractivity contribution in [1.82, 2.24) is 10.9 Å². The Labute approximate surface area is 145 Å². The number of hydrogen-bond acceptors (Lipinski definition) is 3. The van der Waals surface area contributed by atoms with Gasteiger partial charge in [0.1, 0.15) is 0 Å². The van der Waals surface area contributed by atoms with Crippen LogP contribution in [0.25, 0.3) is 5.70 Å². The van der Waals surface area contributed by atoms with Crippen molar-refractivity contribution >= 4 is 28.6 Å². The van der Waals surface area contributed by atoms with Crippen LogP contribution in [0.15, 0.2) is 47.4 Å². The first-order chi connectivity index (χ1) is 11.4. The molecule has 8 heteroatoms. The van der Waals surface area contributed by atoms with Crippen LogP contribution in [0.1, 0.15) is 22.9 Å². The van der Waals surface area contributed by atoms with Crippen LogP contribution in [0.4, 0.5) is 17.6 Å². The van der Waals surface area contributed by atoms with Crippen molar-refractivity contribution in [1.29, 1.82) is 0 Å². The maximum Gasteiger partial charge on any atom is 0.311 e. The van der Waals surface area contributed by atoms with Crippen molar-refractivity contribution in [2.24, 2.45) is 0 Å². The molecule has 2 aromatic rings. The summed E-state index contributed by atoms with van der Waals surface area (Å²) in [7, 11) is 0. The highest BCUT2D eigenvalue weighted by atomic mass is 35.5. The summed E-state index contributed by atoms with van der Waals surface area (Å²) >= 11 is 7.21. The molecule has 0 spiro atoms. The van der Waals surface area contributed by atoms with Gasteiger partial charge in [-0.05, 0) is 34.7 Å². The van der Waals surface area contributed by atoms with Crippen LogP contribution in [0.3, 0.4) is 0 Å². The molecule has 1 unspecified atom stereocenters. The van der Waals surface area contributed by atoms with Gasteiger partial charge in [-0.1, -0.05) is 29.8 Å². The molecular formula is C16H13ClF4N2S. The second kappa shape index (κ2) is 6.74. The molecule has 0 saturated heterocycles. The second-order valence-corrected chi connectivity index (χ2v) is 6.78. The fraction of sp³-hybridized carbons (Fsp3) is 0.250. The molecule has 1 aliphatic rings. The number of thiophene rings is 1. The van der Waals surface area contributed by atoms with Crippen LogP contribution >= 0.6 is 22.9 Å². The van der Waals surface area contributed by atoms with E-state index in [1.807, 2.05) is 0 Å². The number of benzene rings is 1. The molecule has 0 saturated carbocycles. The van der Waals surface area contributed by atoms with Crippen LogP contribution < -0.4 is 10.9 Å². The first-order valence-electron chi connectivity index (χ1n) is 7.08. The maximum atomic E-state index is 13.7. The van der Waals surface area contributed by atoms with Crippen LogP contribution in [0.5, 0.6) is 0 Å². The van der Waals surface area contributed by atoms with E-state index in [0.29, 0.717) is 16.3 Å². The molecule has 24 heavy (non-hydrogen) atoms. The average Bonchev–Trinajstić information content (AvgIpc) is 3.17. The van der Waals surface area contributed by atoms with Gasteiger partial charge in [-0.25, -0.2) is 14.2 Å². The van der Waals surface area contributed by atoms with Gasteiger partial charge in [0, 0.05) is 16.3 Å². The molecule has 2 N–H and O–H groups in total. The van der Waals surface area contributed by atoms with Crippen molar-refractivity contribution in [3.63, 3.8) is 0 Å². The van der Waals surface area contributed by atoms with Gasteiger partial charge in [0.15, 0.2) is 0 Å². The van der Waals surface area contributed by atoms with Crippen molar-refractivity contribution in [3.8, 4) is 0 Å². The zero-order chi connectivity index (χ0) is 17.3. The van der Waals surface area contributed by atoms with Gasteiger partial charge >= 0.3 is 12.3 Å². The molecule has 0 fully saturated rings. The van der Waals surface area contributed by atoms with Crippen LogP contribution in [0.2, 0.25) is 5.02 Å². The number of alkyl halides is 4. The molecule has 0 bridgehead atoms. The molecule has 1 aromatic heterocycles. The Balaban J connectivity index is 2.03. The minimum atomic E-state index is -4.10. The molecular weight excluding hydrogens is 364 g/mol. The SMILES string of the molecule is FC(F)C(F)(F)CC1=C(c2ccc(Cl)cc2)NNC1c1cccs1. The highest BCUT2D eigenvalue weighted by Crippen LogP contribution is 2.41. The van der Waals surface area contributed by atoms with E-state index in [4.69, 9.17) is 11.6 Å². The smallest absolute Gasteiger partial charge is 0.311 e. The number of hydrazine groups is 1. The number of halogens is 5. The Morgan fingerprint density at radius 3 is 2.46 bits per heavy atom. The van der Waals surface area contributed by atoms with Crippen LogP contribution in [-0.2, 0) is 0 Å². The molecule has 1 atom stereocenters. The monoisotopic (exact) mass is 376 g/mol. The molecule has 2 heterocycles. The Hall–Kier alpha value is -1.57. The van der Waals surface area contributed by atoms with E-state index in [2.05, 4.69) is 10.9 Å². The van der Waals surface area contributed by atoms with Crippen molar-refractivity contribution < 1.29 is 17.6 Å². The Kier molecular flexibility index (Phi) is 4.85. The normalized spacial score (nSPS) is 18.3. The summed E-state index contributed by atoms with van der Waals surface area (Å²) in [5, 5.41) is 2.31. The second-order valence-electron chi connectivity index (χ2n) is 5.36. The fourth-order valence-corrected chi connectivity index (χ4v) is 3.48. The minimum absolute atomic E-state index is 0.199. The number of hydrogen-bond donors (Lipinski definition) is 2. The van der Waals surface area contributed by atoms with Gasteiger partial charge < -0.3 is 5.43 Å². The maximum absolute atomic E-state index is 13.7. The van der Waals surface area contributed by atoms with E-state index >= 15 is 0 Å². The summed E-state index contributed by atoms with van der Waals surface area (Å²) in [6.45, 7) is 0. The van der Waals surface area contributed by atoms with Gasteiger partial charge in [-0.15, -0.1) is 11.3 Å². The van der Waals surface area contributed by atoms with E-state index in [1.54, 1.807) is 41.8 Å². The van der Waals surface area contributed by atoms with E-state index < -0.39 is 24.8 Å². The standard InChI is InChI=1S/C16H13ClF4N2S/c17-10-5-3-9(4-6-10)13-11(8-16(20,21)15(18)19)14(23-22-13)12-2-1-7-24-12/h1-7,14-15,22-23H,8H2. The predicted octanol–water partition coefficient (Wildman–Crippen LogP) is 5.25. The third-order valence-electron chi connectivity index (χ3n) is 3.72. The quantitative estimate of drug-likeness (QED) is 0.696. The van der Waals surface area contributed by atoms with Crippen molar-refractivity contribution in [2.75, 3.05) is 0 Å². The average molecular weight is 377 g/mol. The van der Waals surface area contributed by atoms with Gasteiger partial charge in [0.2, 0.25) is 0 Å². The number of nitrogens with one attached hydrogen (secondary N) is 2. The van der Waals surface area contributed by atoms with Gasteiger partial charge in [-0.3, -0.25) is 0 Å². The van der Waals surface area contributed by atoms with E-state index in [1.165, 1.54) is 11.3 Å². The molecule has 0 aliphatic carbocycles. The zero-order valence-corrected chi connectivity index (χ0v) is 13.8. The third-order valence-corrected chi connectivity index (χ3v) is 4.91. The van der Waals surface area contributed by atoms with Gasteiger partial charge in [-0.2, -0.15) is 8.78 Å². The number of rotatable bonds is 5. The van der Waals surface area contributed by atoms with Gasteiger partial charge in [0.05, 0.1) is 11.7 Å². The Bertz CT molecular complexity index is 729. The summed E-state index contributed by atoms with van der Waals surface area (Å²) < 4.78 is 52.8. The summed E-state index contributed by atoms with van der Waals surface area (Å²) in [5.74, 6) is -4.10. The highest BCUT2D eigenvalue weighted by Gasteiger charge is 2.44. The lowest BCUT2D eigenvalue weighted by Gasteiger charge is -2.20. The molecule has 128 valence electrons. The molecule has 0 amide bonds. The molecule has 1 aliphatic heterocycles. The summed E-state index contributed by atoms with van der Waals surface area (Å²) in [6, 6.07) is 9.52. The van der Waals surface area contributed by atoms with E-state index in [9.17, 15) is 17.6 Å². The highest BCUT2D eigenvalue weighted by molar-refractivity contribution is 7.10. The lowest BCUT2D eigenvalue weighted by Crippen LogP contribution is -2.29. The molecule has 1 aromatic carbocycles. The van der Waals surface area contributed by atoms with Crippen molar-refractivity contribution in [2.45, 2.75) is 24.8 Å². The third kappa shape index (κ3) is 3.43. The predicted molar refractivity (Wildman–Crippen MR) is 87.3 cm³/mol. The van der Waals surface area contributed by atoms with E-state index in [-0.39, 0.29) is 5.57 Å². The molecule has 3 rings (SSSR count). The largest absolute Gasteiger partial charge is 0.320 e. The lowest BCUT2D eigenvalue weighted by atomic mass is 9.95. The first-order valence-corrected chi connectivity index (χ1v) is 8.34. The Morgan fingerprint density at radius 2 is 1.88 bits per heavy atom. The Morgan fingerprint density at radius 1 is 1.17 bits per heavy atom. The zero-order valence-electron chi connectivity index (χ0n) is 12.2. The lowest BCUT2D eigenvalue weighted by molar-refractivity contribution is -0.127. The summed E-state index contributed by atoms with van der Waals surface area (Å²) in [5.41, 5.74) is 6.95. The summed E-state index contributed by atoms with van der Waals surface area (Å²) in [6.07, 6.45) is -4.76. The topological polar surface area (TPSA) is 24.1 Å². The molecule has 2 nitrogen and oxygen atoms in total. The minimum Gasteiger partial charge on any atom is -0.320 e.